The zero-order valence-electron chi connectivity index (χ0n) is 18.8. The predicted molar refractivity (Wildman–Crippen MR) is 120 cm³/mol. The molecule has 0 amide bonds. The standard InChI is InChI=1S/C24H38O7S/c25-23(30-13-11-18-7-3-1-4-8-18)20-15-21(17-22(16-20)32(27,28)29)24(26)31-14-12-19-9-5-2-6-10-19/h15-19,23-26H,1-14H2,(H,27,28,29). The molecule has 2 aliphatic carbocycles. The van der Waals surface area contributed by atoms with Crippen LogP contribution in [0, 0.1) is 11.8 Å². The SMILES string of the molecule is O=S(=O)(O)c1cc(C(O)OCCC2CCCCC2)cc(C(O)OCCC2CCCCC2)c1. The summed E-state index contributed by atoms with van der Waals surface area (Å²) in [6, 6.07) is 3.79. The molecule has 1 aromatic carbocycles. The smallest absolute Gasteiger partial charge is 0.294 e. The first-order valence-electron chi connectivity index (χ1n) is 12.0. The summed E-state index contributed by atoms with van der Waals surface area (Å²) >= 11 is 0. The summed E-state index contributed by atoms with van der Waals surface area (Å²) in [5.74, 6) is 1.19. The predicted octanol–water partition coefficient (Wildman–Crippen LogP) is 4.89. The molecule has 3 N–H and O–H groups in total. The van der Waals surface area contributed by atoms with Gasteiger partial charge in [-0.2, -0.15) is 8.42 Å². The lowest BCUT2D eigenvalue weighted by molar-refractivity contribution is -0.111. The number of aliphatic hydroxyl groups excluding tert-OH is 2. The van der Waals surface area contributed by atoms with E-state index in [0.717, 1.165) is 12.8 Å². The molecule has 2 unspecified atom stereocenters. The Balaban J connectivity index is 1.60. The van der Waals surface area contributed by atoms with Gasteiger partial charge in [-0.05, 0) is 42.9 Å². The topological polar surface area (TPSA) is 113 Å². The third-order valence-electron chi connectivity index (χ3n) is 6.87. The van der Waals surface area contributed by atoms with E-state index in [1.165, 1.54) is 82.4 Å². The van der Waals surface area contributed by atoms with Gasteiger partial charge in [0.25, 0.3) is 10.1 Å². The van der Waals surface area contributed by atoms with Crippen LogP contribution in [0.5, 0.6) is 0 Å². The minimum Gasteiger partial charge on any atom is -0.364 e. The van der Waals surface area contributed by atoms with Crippen LogP contribution >= 0.6 is 0 Å². The van der Waals surface area contributed by atoms with Crippen LogP contribution in [-0.4, -0.2) is 36.4 Å². The Morgan fingerprint density at radius 3 is 1.53 bits per heavy atom. The summed E-state index contributed by atoms with van der Waals surface area (Å²) in [5, 5.41) is 20.9. The van der Waals surface area contributed by atoms with Crippen LogP contribution in [0.1, 0.15) is 101 Å². The molecule has 0 aromatic heterocycles. The van der Waals surface area contributed by atoms with E-state index in [4.69, 9.17) is 9.47 Å². The summed E-state index contributed by atoms with van der Waals surface area (Å²) < 4.78 is 44.1. The molecule has 32 heavy (non-hydrogen) atoms. The molecule has 3 rings (SSSR count). The first kappa shape index (κ1) is 25.6. The molecule has 0 aliphatic heterocycles. The molecule has 0 saturated heterocycles. The normalized spacial score (nSPS) is 20.8. The second-order valence-electron chi connectivity index (χ2n) is 9.34. The van der Waals surface area contributed by atoms with Gasteiger partial charge >= 0.3 is 0 Å². The van der Waals surface area contributed by atoms with Crippen molar-refractivity contribution < 1.29 is 32.7 Å². The number of ether oxygens (including phenoxy) is 2. The van der Waals surface area contributed by atoms with Crippen LogP contribution in [0.3, 0.4) is 0 Å². The molecule has 2 atom stereocenters. The minimum atomic E-state index is -4.52. The van der Waals surface area contributed by atoms with Crippen molar-refractivity contribution in [3.8, 4) is 0 Å². The van der Waals surface area contributed by atoms with Crippen molar-refractivity contribution in [3.05, 3.63) is 29.3 Å². The fourth-order valence-corrected chi connectivity index (χ4v) is 5.49. The van der Waals surface area contributed by atoms with Crippen molar-refractivity contribution in [3.63, 3.8) is 0 Å². The van der Waals surface area contributed by atoms with E-state index in [1.54, 1.807) is 0 Å². The maximum Gasteiger partial charge on any atom is 0.294 e. The van der Waals surface area contributed by atoms with E-state index in [2.05, 4.69) is 0 Å². The average Bonchev–Trinajstić information content (AvgIpc) is 2.79. The van der Waals surface area contributed by atoms with Crippen LogP contribution in [0.15, 0.2) is 23.1 Å². The summed E-state index contributed by atoms with van der Waals surface area (Å²) in [7, 11) is -4.52. The highest BCUT2D eigenvalue weighted by Crippen LogP contribution is 2.30. The summed E-state index contributed by atoms with van der Waals surface area (Å²) in [4.78, 5) is -0.408. The Morgan fingerprint density at radius 2 is 1.16 bits per heavy atom. The van der Waals surface area contributed by atoms with Crippen molar-refractivity contribution >= 4 is 10.1 Å². The van der Waals surface area contributed by atoms with Gasteiger partial charge in [0.2, 0.25) is 0 Å². The molecule has 2 aliphatic rings. The van der Waals surface area contributed by atoms with Crippen LogP contribution in [0.25, 0.3) is 0 Å². The Labute approximate surface area is 191 Å². The zero-order chi connectivity index (χ0) is 23.0. The van der Waals surface area contributed by atoms with Crippen molar-refractivity contribution in [1.29, 1.82) is 0 Å². The number of rotatable bonds is 11. The number of aliphatic hydroxyl groups is 2. The fourth-order valence-electron chi connectivity index (χ4n) is 4.92. The molecule has 1 aromatic rings. The van der Waals surface area contributed by atoms with Gasteiger partial charge < -0.3 is 19.7 Å². The third kappa shape index (κ3) is 8.08. The average molecular weight is 471 g/mol. The monoisotopic (exact) mass is 470 g/mol. The van der Waals surface area contributed by atoms with E-state index >= 15 is 0 Å². The van der Waals surface area contributed by atoms with E-state index < -0.39 is 27.6 Å². The molecule has 0 radical (unpaired) electrons. The van der Waals surface area contributed by atoms with Crippen LogP contribution in [0.4, 0.5) is 0 Å². The number of hydrogen-bond acceptors (Lipinski definition) is 6. The Bertz CT molecular complexity index is 750. The Kier molecular flexibility index (Phi) is 9.95. The van der Waals surface area contributed by atoms with E-state index in [9.17, 15) is 23.2 Å². The molecular weight excluding hydrogens is 432 g/mol. The van der Waals surface area contributed by atoms with Crippen molar-refractivity contribution in [2.24, 2.45) is 11.8 Å². The largest absolute Gasteiger partial charge is 0.364 e. The summed E-state index contributed by atoms with van der Waals surface area (Å²) in [6.07, 6.45) is 11.1. The maximum absolute atomic E-state index is 11.7. The minimum absolute atomic E-state index is 0.161. The highest BCUT2D eigenvalue weighted by atomic mass is 32.2. The number of benzene rings is 1. The maximum atomic E-state index is 11.7. The quantitative estimate of drug-likeness (QED) is 0.312. The first-order valence-corrected chi connectivity index (χ1v) is 13.5. The van der Waals surface area contributed by atoms with E-state index in [1.807, 2.05) is 0 Å². The van der Waals surface area contributed by atoms with Gasteiger partial charge in [0.15, 0.2) is 12.6 Å². The lowest BCUT2D eigenvalue weighted by Crippen LogP contribution is -2.14. The molecule has 2 saturated carbocycles. The number of hydrogen-bond donors (Lipinski definition) is 3. The zero-order valence-corrected chi connectivity index (χ0v) is 19.6. The van der Waals surface area contributed by atoms with Crippen molar-refractivity contribution in [1.82, 2.24) is 0 Å². The summed E-state index contributed by atoms with van der Waals surface area (Å²) in [6.45, 7) is 0.718. The lowest BCUT2D eigenvalue weighted by Gasteiger charge is -2.23. The molecule has 2 fully saturated rings. The molecular formula is C24H38O7S. The van der Waals surface area contributed by atoms with Gasteiger partial charge in [-0.15, -0.1) is 0 Å². The van der Waals surface area contributed by atoms with Gasteiger partial charge in [-0.3, -0.25) is 4.55 Å². The second kappa shape index (κ2) is 12.4. The molecule has 8 heteroatoms. The molecule has 0 spiro atoms. The Morgan fingerprint density at radius 1 is 0.750 bits per heavy atom. The third-order valence-corrected chi connectivity index (χ3v) is 7.70. The molecule has 0 bridgehead atoms. The van der Waals surface area contributed by atoms with Gasteiger partial charge in [0.1, 0.15) is 0 Å². The van der Waals surface area contributed by atoms with Crippen molar-refractivity contribution in [2.45, 2.75) is 94.5 Å². The fraction of sp³-hybridized carbons (Fsp3) is 0.750. The van der Waals surface area contributed by atoms with E-state index in [0.29, 0.717) is 25.0 Å². The van der Waals surface area contributed by atoms with Gasteiger partial charge in [0, 0.05) is 11.1 Å². The van der Waals surface area contributed by atoms with Gasteiger partial charge in [-0.25, -0.2) is 0 Å². The van der Waals surface area contributed by atoms with Crippen LogP contribution in [0.2, 0.25) is 0 Å². The van der Waals surface area contributed by atoms with Crippen LogP contribution in [-0.2, 0) is 19.6 Å². The first-order chi connectivity index (χ1) is 15.3. The van der Waals surface area contributed by atoms with E-state index in [-0.39, 0.29) is 11.1 Å². The Hall–Kier alpha value is -1.03. The van der Waals surface area contributed by atoms with Crippen LogP contribution < -0.4 is 0 Å². The van der Waals surface area contributed by atoms with Gasteiger partial charge in [0.05, 0.1) is 18.1 Å². The molecule has 7 nitrogen and oxygen atoms in total. The van der Waals surface area contributed by atoms with Crippen molar-refractivity contribution in [2.75, 3.05) is 13.2 Å². The second-order valence-corrected chi connectivity index (χ2v) is 10.8. The summed E-state index contributed by atoms with van der Waals surface area (Å²) in [5.41, 5.74) is 0.322. The highest BCUT2D eigenvalue weighted by Gasteiger charge is 2.21. The lowest BCUT2D eigenvalue weighted by atomic mass is 9.87. The highest BCUT2D eigenvalue weighted by molar-refractivity contribution is 7.85. The molecule has 182 valence electrons. The molecule has 0 heterocycles. The van der Waals surface area contributed by atoms with Gasteiger partial charge in [-0.1, -0.05) is 64.2 Å².